The molecule has 84 valence electrons. The Morgan fingerprint density at radius 2 is 2.33 bits per heavy atom. The Bertz CT molecular complexity index is 316. The first kappa shape index (κ1) is 10.6. The number of aryl methyl sites for hydroxylation is 2. The van der Waals surface area contributed by atoms with Crippen LogP contribution in [0.4, 0.5) is 0 Å². The fraction of sp³-hybridized carbons (Fsp3) is 0.727. The van der Waals surface area contributed by atoms with E-state index in [9.17, 15) is 5.11 Å². The first-order valence-corrected chi connectivity index (χ1v) is 5.49. The van der Waals surface area contributed by atoms with E-state index in [4.69, 9.17) is 4.52 Å². The molecule has 0 saturated carbocycles. The number of aromatic nitrogens is 1. The summed E-state index contributed by atoms with van der Waals surface area (Å²) in [6.45, 7) is 6.08. The Morgan fingerprint density at radius 1 is 1.53 bits per heavy atom. The normalized spacial score (nSPS) is 22.5. The maximum atomic E-state index is 9.22. The lowest BCUT2D eigenvalue weighted by molar-refractivity contribution is 0.153. The third kappa shape index (κ3) is 2.06. The molecule has 0 bridgehead atoms. The van der Waals surface area contributed by atoms with Crippen molar-refractivity contribution in [3.8, 4) is 0 Å². The minimum Gasteiger partial charge on any atom is -0.395 e. The number of rotatable bonds is 3. The van der Waals surface area contributed by atoms with Gasteiger partial charge in [0.1, 0.15) is 5.76 Å². The average molecular weight is 210 g/mol. The lowest BCUT2D eigenvalue weighted by Crippen LogP contribution is -2.31. The van der Waals surface area contributed by atoms with Crippen molar-refractivity contribution in [2.24, 2.45) is 0 Å². The molecular formula is C11H18N2O2. The molecule has 0 amide bonds. The van der Waals surface area contributed by atoms with Crippen molar-refractivity contribution >= 4 is 0 Å². The lowest BCUT2D eigenvalue weighted by atomic mass is 10.1. The van der Waals surface area contributed by atoms with E-state index in [-0.39, 0.29) is 6.61 Å². The van der Waals surface area contributed by atoms with Crippen molar-refractivity contribution in [2.75, 3.05) is 13.2 Å². The van der Waals surface area contributed by atoms with Crippen LogP contribution < -0.4 is 0 Å². The van der Waals surface area contributed by atoms with E-state index in [1.165, 1.54) is 12.0 Å². The molecule has 1 aliphatic heterocycles. The zero-order valence-corrected chi connectivity index (χ0v) is 9.36. The van der Waals surface area contributed by atoms with Crippen molar-refractivity contribution in [3.63, 3.8) is 0 Å². The van der Waals surface area contributed by atoms with Crippen LogP contribution in [0.25, 0.3) is 0 Å². The van der Waals surface area contributed by atoms with Crippen LogP contribution in [0.5, 0.6) is 0 Å². The van der Waals surface area contributed by atoms with Crippen LogP contribution in [-0.2, 0) is 6.54 Å². The second-order valence-electron chi connectivity index (χ2n) is 4.25. The molecule has 4 heteroatoms. The minimum atomic E-state index is 0.253. The molecule has 1 aromatic rings. The van der Waals surface area contributed by atoms with Gasteiger partial charge in [-0.25, -0.2) is 0 Å². The predicted molar refractivity (Wildman–Crippen MR) is 56.5 cm³/mol. The van der Waals surface area contributed by atoms with E-state index in [1.54, 1.807) is 0 Å². The standard InChI is InChI=1S/C11H18N2O2/c1-8-11(9(2)15-12-8)6-13-5-3-4-10(13)7-14/h10,14H,3-7H2,1-2H3. The molecule has 1 aromatic heterocycles. The molecule has 0 spiro atoms. The van der Waals surface area contributed by atoms with Gasteiger partial charge in [0.25, 0.3) is 0 Å². The number of aliphatic hydroxyl groups excluding tert-OH is 1. The van der Waals surface area contributed by atoms with Crippen LogP contribution in [0, 0.1) is 13.8 Å². The molecule has 0 aromatic carbocycles. The molecule has 0 radical (unpaired) electrons. The monoisotopic (exact) mass is 210 g/mol. The van der Waals surface area contributed by atoms with Gasteiger partial charge in [-0.2, -0.15) is 0 Å². The fourth-order valence-corrected chi connectivity index (χ4v) is 2.24. The highest BCUT2D eigenvalue weighted by Crippen LogP contribution is 2.22. The lowest BCUT2D eigenvalue weighted by Gasteiger charge is -2.22. The van der Waals surface area contributed by atoms with Gasteiger partial charge in [-0.05, 0) is 33.2 Å². The summed E-state index contributed by atoms with van der Waals surface area (Å²) < 4.78 is 5.14. The third-order valence-electron chi connectivity index (χ3n) is 3.25. The van der Waals surface area contributed by atoms with Crippen LogP contribution in [0.1, 0.15) is 29.9 Å². The summed E-state index contributed by atoms with van der Waals surface area (Å²) in [6.07, 6.45) is 2.27. The van der Waals surface area contributed by atoms with Gasteiger partial charge in [0.15, 0.2) is 0 Å². The van der Waals surface area contributed by atoms with Crippen LogP contribution in [-0.4, -0.2) is 34.4 Å². The second-order valence-corrected chi connectivity index (χ2v) is 4.25. The number of hydrogen-bond donors (Lipinski definition) is 1. The Morgan fingerprint density at radius 3 is 2.93 bits per heavy atom. The minimum absolute atomic E-state index is 0.253. The van der Waals surface area contributed by atoms with Crippen molar-refractivity contribution in [1.82, 2.24) is 10.1 Å². The van der Waals surface area contributed by atoms with Crippen molar-refractivity contribution in [1.29, 1.82) is 0 Å². The average Bonchev–Trinajstić information content (AvgIpc) is 2.79. The maximum Gasteiger partial charge on any atom is 0.138 e. The number of nitrogens with zero attached hydrogens (tertiary/aromatic N) is 2. The van der Waals surface area contributed by atoms with E-state index >= 15 is 0 Å². The highest BCUT2D eigenvalue weighted by molar-refractivity contribution is 5.20. The molecule has 2 heterocycles. The van der Waals surface area contributed by atoms with Gasteiger partial charge >= 0.3 is 0 Å². The SMILES string of the molecule is Cc1noc(C)c1CN1CCCC1CO. The van der Waals surface area contributed by atoms with Crippen LogP contribution in [0.15, 0.2) is 4.52 Å². The van der Waals surface area contributed by atoms with Crippen LogP contribution in [0.2, 0.25) is 0 Å². The largest absolute Gasteiger partial charge is 0.395 e. The van der Waals surface area contributed by atoms with Crippen molar-refractivity contribution < 1.29 is 9.63 Å². The zero-order valence-electron chi connectivity index (χ0n) is 9.36. The Hall–Kier alpha value is -0.870. The van der Waals surface area contributed by atoms with Gasteiger partial charge < -0.3 is 9.63 Å². The van der Waals surface area contributed by atoms with Crippen LogP contribution >= 0.6 is 0 Å². The number of likely N-dealkylation sites (tertiary alicyclic amines) is 1. The molecule has 1 aliphatic rings. The topological polar surface area (TPSA) is 49.5 Å². The molecule has 0 aliphatic carbocycles. The van der Waals surface area contributed by atoms with Gasteiger partial charge in [-0.15, -0.1) is 0 Å². The maximum absolute atomic E-state index is 9.22. The van der Waals surface area contributed by atoms with Gasteiger partial charge in [-0.1, -0.05) is 5.16 Å². The van der Waals surface area contributed by atoms with Crippen molar-refractivity contribution in [2.45, 2.75) is 39.3 Å². The Labute approximate surface area is 89.9 Å². The molecule has 15 heavy (non-hydrogen) atoms. The van der Waals surface area contributed by atoms with E-state index in [1.807, 2.05) is 13.8 Å². The fourth-order valence-electron chi connectivity index (χ4n) is 2.24. The molecular weight excluding hydrogens is 192 g/mol. The summed E-state index contributed by atoms with van der Waals surface area (Å²) in [7, 11) is 0. The molecule has 1 N–H and O–H groups in total. The first-order chi connectivity index (χ1) is 7.22. The second kappa shape index (κ2) is 4.33. The molecule has 1 saturated heterocycles. The predicted octanol–water partition coefficient (Wildman–Crippen LogP) is 1.25. The van der Waals surface area contributed by atoms with Crippen molar-refractivity contribution in [3.05, 3.63) is 17.0 Å². The van der Waals surface area contributed by atoms with E-state index in [0.29, 0.717) is 6.04 Å². The molecule has 4 nitrogen and oxygen atoms in total. The molecule has 1 unspecified atom stereocenters. The van der Waals surface area contributed by atoms with E-state index in [0.717, 1.165) is 31.0 Å². The number of aliphatic hydroxyl groups is 1. The highest BCUT2D eigenvalue weighted by Gasteiger charge is 2.25. The summed E-state index contributed by atoms with van der Waals surface area (Å²) >= 11 is 0. The molecule has 1 atom stereocenters. The highest BCUT2D eigenvalue weighted by atomic mass is 16.5. The summed E-state index contributed by atoms with van der Waals surface area (Å²) in [5, 5.41) is 13.2. The quantitative estimate of drug-likeness (QED) is 0.815. The van der Waals surface area contributed by atoms with E-state index in [2.05, 4.69) is 10.1 Å². The smallest absolute Gasteiger partial charge is 0.138 e. The number of hydrogen-bond acceptors (Lipinski definition) is 4. The van der Waals surface area contributed by atoms with Gasteiger partial charge in [0.2, 0.25) is 0 Å². The third-order valence-corrected chi connectivity index (χ3v) is 3.25. The molecule has 1 fully saturated rings. The zero-order chi connectivity index (χ0) is 10.8. The Balaban J connectivity index is 2.08. The van der Waals surface area contributed by atoms with Gasteiger partial charge in [0, 0.05) is 18.2 Å². The molecule has 2 rings (SSSR count). The summed E-state index contributed by atoms with van der Waals surface area (Å²) in [4.78, 5) is 2.31. The van der Waals surface area contributed by atoms with Crippen LogP contribution in [0.3, 0.4) is 0 Å². The summed E-state index contributed by atoms with van der Waals surface area (Å²) in [6, 6.07) is 0.318. The van der Waals surface area contributed by atoms with E-state index < -0.39 is 0 Å². The first-order valence-electron chi connectivity index (χ1n) is 5.49. The van der Waals surface area contributed by atoms with Gasteiger partial charge in [-0.3, -0.25) is 4.90 Å². The van der Waals surface area contributed by atoms with Gasteiger partial charge in [0.05, 0.1) is 12.3 Å². The summed E-state index contributed by atoms with van der Waals surface area (Å²) in [5.74, 6) is 0.899. The Kier molecular flexibility index (Phi) is 3.07. The summed E-state index contributed by atoms with van der Waals surface area (Å²) in [5.41, 5.74) is 2.14.